The average molecular weight is 228 g/mol. The maximum Gasteiger partial charge on any atom is 0.178 e. The molecule has 15 heavy (non-hydrogen) atoms. The lowest BCUT2D eigenvalue weighted by atomic mass is 10.3. The third kappa shape index (κ3) is 3.64. The molecule has 0 heterocycles. The molecule has 4 heteroatoms. The molecule has 0 N–H and O–H groups in total. The summed E-state index contributed by atoms with van der Waals surface area (Å²) in [6.07, 6.45) is 0.497. The Morgan fingerprint density at radius 1 is 1.27 bits per heavy atom. The average Bonchev–Trinajstić information content (AvgIpc) is 2.27. The fourth-order valence-corrected chi connectivity index (χ4v) is 2.63. The highest BCUT2D eigenvalue weighted by atomic mass is 32.2. The van der Waals surface area contributed by atoms with E-state index in [-0.39, 0.29) is 11.9 Å². The van der Waals surface area contributed by atoms with Crippen LogP contribution in [-0.4, -0.2) is 27.4 Å². The van der Waals surface area contributed by atoms with Crippen LogP contribution >= 0.6 is 0 Å². The highest BCUT2D eigenvalue weighted by molar-refractivity contribution is 7.91. The minimum Gasteiger partial charge on any atom is -0.382 e. The SMILES string of the molecule is CO[C@H](C)CCS(=O)(=O)c1ccccc1. The van der Waals surface area contributed by atoms with Gasteiger partial charge in [-0.15, -0.1) is 0 Å². The number of hydrogen-bond donors (Lipinski definition) is 0. The first-order chi connectivity index (χ1) is 7.06. The van der Waals surface area contributed by atoms with E-state index in [2.05, 4.69) is 0 Å². The van der Waals surface area contributed by atoms with E-state index in [4.69, 9.17) is 4.74 Å². The van der Waals surface area contributed by atoms with Crippen LogP contribution in [0, 0.1) is 0 Å². The van der Waals surface area contributed by atoms with Gasteiger partial charge in [0.1, 0.15) is 0 Å². The summed E-state index contributed by atoms with van der Waals surface area (Å²) in [6.45, 7) is 1.86. The largest absolute Gasteiger partial charge is 0.382 e. The summed E-state index contributed by atoms with van der Waals surface area (Å²) in [7, 11) is -1.56. The highest BCUT2D eigenvalue weighted by Gasteiger charge is 2.14. The van der Waals surface area contributed by atoms with Crippen LogP contribution in [0.4, 0.5) is 0 Å². The van der Waals surface area contributed by atoms with Gasteiger partial charge in [-0.1, -0.05) is 18.2 Å². The van der Waals surface area contributed by atoms with E-state index in [1.807, 2.05) is 6.92 Å². The van der Waals surface area contributed by atoms with Gasteiger partial charge in [0.15, 0.2) is 9.84 Å². The number of ether oxygens (including phenoxy) is 1. The molecule has 0 aliphatic rings. The van der Waals surface area contributed by atoms with Crippen LogP contribution in [0.2, 0.25) is 0 Å². The molecule has 0 fully saturated rings. The molecule has 0 amide bonds. The van der Waals surface area contributed by atoms with Gasteiger partial charge in [0.25, 0.3) is 0 Å². The van der Waals surface area contributed by atoms with E-state index in [0.717, 1.165) is 0 Å². The van der Waals surface area contributed by atoms with E-state index in [9.17, 15) is 8.42 Å². The minimum absolute atomic E-state index is 0.0245. The Kier molecular flexibility index (Phi) is 4.29. The van der Waals surface area contributed by atoms with Crippen LogP contribution in [-0.2, 0) is 14.6 Å². The van der Waals surface area contributed by atoms with Crippen LogP contribution in [0.3, 0.4) is 0 Å². The van der Waals surface area contributed by atoms with Crippen molar-refractivity contribution in [2.75, 3.05) is 12.9 Å². The molecule has 3 nitrogen and oxygen atoms in total. The Balaban J connectivity index is 2.69. The van der Waals surface area contributed by atoms with E-state index in [1.165, 1.54) is 0 Å². The molecule has 0 saturated heterocycles. The Morgan fingerprint density at radius 2 is 1.87 bits per heavy atom. The van der Waals surface area contributed by atoms with E-state index >= 15 is 0 Å². The molecule has 1 aromatic rings. The predicted octanol–water partition coefficient (Wildman–Crippen LogP) is 1.89. The van der Waals surface area contributed by atoms with Crippen LogP contribution in [0.1, 0.15) is 13.3 Å². The fourth-order valence-electron chi connectivity index (χ4n) is 1.18. The lowest BCUT2D eigenvalue weighted by molar-refractivity contribution is 0.116. The summed E-state index contributed by atoms with van der Waals surface area (Å²) in [5.74, 6) is 0.131. The normalized spacial score (nSPS) is 13.7. The predicted molar refractivity (Wildman–Crippen MR) is 59.6 cm³/mol. The van der Waals surface area contributed by atoms with Crippen molar-refractivity contribution in [2.24, 2.45) is 0 Å². The van der Waals surface area contributed by atoms with Gasteiger partial charge in [0, 0.05) is 7.11 Å². The Morgan fingerprint density at radius 3 is 2.40 bits per heavy atom. The van der Waals surface area contributed by atoms with Gasteiger partial charge in [-0.2, -0.15) is 0 Å². The summed E-state index contributed by atoms with van der Waals surface area (Å²) >= 11 is 0. The Labute approximate surface area is 91.0 Å². The van der Waals surface area contributed by atoms with Crippen molar-refractivity contribution in [3.05, 3.63) is 30.3 Å². The molecule has 0 aliphatic carbocycles. The number of hydrogen-bond acceptors (Lipinski definition) is 3. The second-order valence-electron chi connectivity index (χ2n) is 3.47. The highest BCUT2D eigenvalue weighted by Crippen LogP contribution is 2.12. The second-order valence-corrected chi connectivity index (χ2v) is 5.58. The van der Waals surface area contributed by atoms with Gasteiger partial charge in [-0.3, -0.25) is 0 Å². The van der Waals surface area contributed by atoms with Crippen LogP contribution in [0.15, 0.2) is 35.2 Å². The third-order valence-electron chi connectivity index (χ3n) is 2.30. The molecule has 0 bridgehead atoms. The summed E-state index contributed by atoms with van der Waals surface area (Å²) in [5, 5.41) is 0. The molecule has 0 unspecified atom stereocenters. The monoisotopic (exact) mass is 228 g/mol. The summed E-state index contributed by atoms with van der Waals surface area (Å²) in [6, 6.07) is 8.50. The summed E-state index contributed by atoms with van der Waals surface area (Å²) in [5.41, 5.74) is 0. The molecule has 1 atom stereocenters. The van der Waals surface area contributed by atoms with Gasteiger partial charge >= 0.3 is 0 Å². The van der Waals surface area contributed by atoms with Crippen molar-refractivity contribution in [3.63, 3.8) is 0 Å². The molecule has 0 aromatic heterocycles. The van der Waals surface area contributed by atoms with Crippen LogP contribution in [0.25, 0.3) is 0 Å². The molecular formula is C11H16O3S. The quantitative estimate of drug-likeness (QED) is 0.773. The first-order valence-electron chi connectivity index (χ1n) is 4.87. The molecule has 84 valence electrons. The molecular weight excluding hydrogens is 212 g/mol. The zero-order chi connectivity index (χ0) is 11.3. The van der Waals surface area contributed by atoms with Gasteiger partial charge in [-0.05, 0) is 25.5 Å². The second kappa shape index (κ2) is 5.28. The molecule has 1 rings (SSSR count). The van der Waals surface area contributed by atoms with Crippen LogP contribution in [0.5, 0.6) is 0 Å². The van der Waals surface area contributed by atoms with Gasteiger partial charge < -0.3 is 4.74 Å². The Bertz CT molecular complexity index is 384. The fraction of sp³-hybridized carbons (Fsp3) is 0.455. The standard InChI is InChI=1S/C11H16O3S/c1-10(14-2)8-9-15(12,13)11-6-4-3-5-7-11/h3-7,10H,8-9H2,1-2H3/t10-/m1/s1. The van der Waals surface area contributed by atoms with Crippen molar-refractivity contribution in [1.29, 1.82) is 0 Å². The maximum absolute atomic E-state index is 11.8. The zero-order valence-electron chi connectivity index (χ0n) is 9.01. The summed E-state index contributed by atoms with van der Waals surface area (Å²) < 4.78 is 28.6. The maximum atomic E-state index is 11.8. The zero-order valence-corrected chi connectivity index (χ0v) is 9.83. The number of benzene rings is 1. The molecule has 0 spiro atoms. The lowest BCUT2D eigenvalue weighted by Crippen LogP contribution is -2.14. The van der Waals surface area contributed by atoms with Crippen molar-refractivity contribution in [1.82, 2.24) is 0 Å². The van der Waals surface area contributed by atoms with Gasteiger partial charge in [0.2, 0.25) is 0 Å². The summed E-state index contributed by atoms with van der Waals surface area (Å²) in [4.78, 5) is 0.383. The number of sulfone groups is 1. The molecule has 0 radical (unpaired) electrons. The minimum atomic E-state index is -3.15. The van der Waals surface area contributed by atoms with Crippen molar-refractivity contribution >= 4 is 9.84 Å². The molecule has 0 saturated carbocycles. The third-order valence-corrected chi connectivity index (χ3v) is 4.06. The Hall–Kier alpha value is -0.870. The number of methoxy groups -OCH3 is 1. The van der Waals surface area contributed by atoms with E-state index < -0.39 is 9.84 Å². The first-order valence-corrected chi connectivity index (χ1v) is 6.52. The van der Waals surface area contributed by atoms with E-state index in [1.54, 1.807) is 37.4 Å². The topological polar surface area (TPSA) is 43.4 Å². The molecule has 1 aromatic carbocycles. The van der Waals surface area contributed by atoms with Crippen molar-refractivity contribution in [2.45, 2.75) is 24.3 Å². The van der Waals surface area contributed by atoms with E-state index in [0.29, 0.717) is 11.3 Å². The first kappa shape index (κ1) is 12.2. The molecule has 0 aliphatic heterocycles. The number of rotatable bonds is 5. The smallest absolute Gasteiger partial charge is 0.178 e. The van der Waals surface area contributed by atoms with Crippen molar-refractivity contribution < 1.29 is 13.2 Å². The van der Waals surface area contributed by atoms with Crippen molar-refractivity contribution in [3.8, 4) is 0 Å². The van der Waals surface area contributed by atoms with Gasteiger partial charge in [0.05, 0.1) is 16.8 Å². The van der Waals surface area contributed by atoms with Crippen LogP contribution < -0.4 is 0 Å². The lowest BCUT2D eigenvalue weighted by Gasteiger charge is -2.09. The van der Waals surface area contributed by atoms with Gasteiger partial charge in [-0.25, -0.2) is 8.42 Å².